The van der Waals surface area contributed by atoms with E-state index in [-0.39, 0.29) is 17.1 Å². The number of benzene rings is 1. The molecule has 0 saturated carbocycles. The number of aromatic nitrogens is 1. The van der Waals surface area contributed by atoms with Crippen LogP contribution in [0.4, 0.5) is 4.39 Å². The van der Waals surface area contributed by atoms with Crippen LogP contribution in [0.3, 0.4) is 0 Å². The molecule has 1 aromatic heterocycles. The Morgan fingerprint density at radius 1 is 1.48 bits per heavy atom. The average molecular weight is 318 g/mol. The highest BCUT2D eigenvalue weighted by Crippen LogP contribution is 2.14. The smallest absolute Gasteiger partial charge is 0.256 e. The highest BCUT2D eigenvalue weighted by molar-refractivity contribution is 5.97. The number of rotatable bonds is 4. The van der Waals surface area contributed by atoms with E-state index in [1.54, 1.807) is 10.6 Å². The highest BCUT2D eigenvalue weighted by Gasteiger charge is 2.19. The fourth-order valence-electron chi connectivity index (χ4n) is 2.90. The maximum Gasteiger partial charge on any atom is 0.256 e. The molecule has 0 aliphatic carbocycles. The van der Waals surface area contributed by atoms with E-state index in [9.17, 15) is 14.0 Å². The van der Waals surface area contributed by atoms with Gasteiger partial charge >= 0.3 is 0 Å². The van der Waals surface area contributed by atoms with Gasteiger partial charge in [0.2, 0.25) is 5.43 Å². The van der Waals surface area contributed by atoms with Gasteiger partial charge in [-0.05, 0) is 38.0 Å². The predicted octanol–water partition coefficient (Wildman–Crippen LogP) is 2.07. The number of hydrogen-bond donors (Lipinski definition) is 1. The first-order valence-corrected chi connectivity index (χ1v) is 7.82. The zero-order valence-corrected chi connectivity index (χ0v) is 13.0. The number of ether oxygens (including phenoxy) is 1. The molecule has 2 heterocycles. The molecular weight excluding hydrogens is 299 g/mol. The van der Waals surface area contributed by atoms with Crippen molar-refractivity contribution in [1.29, 1.82) is 0 Å². The first-order valence-electron chi connectivity index (χ1n) is 7.82. The number of fused-ring (bicyclic) bond motifs is 1. The monoisotopic (exact) mass is 318 g/mol. The van der Waals surface area contributed by atoms with Crippen LogP contribution in [0.1, 0.15) is 30.1 Å². The fraction of sp³-hybridized carbons (Fsp3) is 0.412. The summed E-state index contributed by atoms with van der Waals surface area (Å²) in [5.41, 5.74) is 0.201. The summed E-state index contributed by atoms with van der Waals surface area (Å²) in [5, 5.41) is 2.96. The van der Waals surface area contributed by atoms with Crippen LogP contribution in [0.5, 0.6) is 0 Å². The molecule has 1 fully saturated rings. The number of nitrogens with one attached hydrogen (secondary N) is 1. The second kappa shape index (κ2) is 6.50. The minimum atomic E-state index is -0.492. The van der Waals surface area contributed by atoms with Gasteiger partial charge in [-0.3, -0.25) is 9.59 Å². The SMILES string of the molecule is CCn1cc(C(=O)NCC2CCCO2)c(=O)c2cc(F)ccc21. The molecule has 1 aliphatic heterocycles. The quantitative estimate of drug-likeness (QED) is 0.939. The van der Waals surface area contributed by atoms with Crippen molar-refractivity contribution in [3.05, 3.63) is 46.0 Å². The van der Waals surface area contributed by atoms with Gasteiger partial charge in [0.1, 0.15) is 11.4 Å². The normalized spacial score (nSPS) is 17.6. The van der Waals surface area contributed by atoms with E-state index >= 15 is 0 Å². The van der Waals surface area contributed by atoms with Gasteiger partial charge in [0, 0.05) is 31.3 Å². The van der Waals surface area contributed by atoms with Crippen LogP contribution in [-0.4, -0.2) is 29.7 Å². The van der Waals surface area contributed by atoms with Crippen LogP contribution in [-0.2, 0) is 11.3 Å². The third-order valence-corrected chi connectivity index (χ3v) is 4.14. The van der Waals surface area contributed by atoms with Crippen LogP contribution in [0.25, 0.3) is 10.9 Å². The Hall–Kier alpha value is -2.21. The molecule has 1 N–H and O–H groups in total. The molecule has 0 bridgehead atoms. The molecular formula is C17H19FN2O3. The van der Waals surface area contributed by atoms with Crippen molar-refractivity contribution in [1.82, 2.24) is 9.88 Å². The van der Waals surface area contributed by atoms with E-state index in [1.165, 1.54) is 18.3 Å². The molecule has 1 saturated heterocycles. The van der Waals surface area contributed by atoms with Crippen LogP contribution < -0.4 is 10.7 Å². The Labute approximate surface area is 133 Å². The van der Waals surface area contributed by atoms with Crippen molar-refractivity contribution in [3.8, 4) is 0 Å². The number of pyridine rings is 1. The summed E-state index contributed by atoms with van der Waals surface area (Å²) < 4.78 is 20.7. The van der Waals surface area contributed by atoms with E-state index < -0.39 is 17.2 Å². The van der Waals surface area contributed by atoms with Gasteiger partial charge < -0.3 is 14.6 Å². The van der Waals surface area contributed by atoms with E-state index in [2.05, 4.69) is 5.32 Å². The molecule has 0 radical (unpaired) electrons. The second-order valence-corrected chi connectivity index (χ2v) is 5.66. The lowest BCUT2D eigenvalue weighted by Crippen LogP contribution is -2.35. The molecule has 5 nitrogen and oxygen atoms in total. The molecule has 1 unspecified atom stereocenters. The standard InChI is InChI=1S/C17H19FN2O3/c1-2-20-10-14(17(22)19-9-12-4-3-7-23-12)16(21)13-8-11(18)5-6-15(13)20/h5-6,8,10,12H,2-4,7,9H2,1H3,(H,19,22). The minimum Gasteiger partial charge on any atom is -0.376 e. The van der Waals surface area contributed by atoms with Gasteiger partial charge in [0.25, 0.3) is 5.91 Å². The first kappa shape index (κ1) is 15.7. The number of hydrogen-bond acceptors (Lipinski definition) is 3. The third-order valence-electron chi connectivity index (χ3n) is 4.14. The van der Waals surface area contributed by atoms with Gasteiger partial charge in [-0.15, -0.1) is 0 Å². The number of halogens is 1. The van der Waals surface area contributed by atoms with Gasteiger partial charge in [-0.1, -0.05) is 0 Å². The van der Waals surface area contributed by atoms with Crippen molar-refractivity contribution in [3.63, 3.8) is 0 Å². The maximum atomic E-state index is 13.5. The molecule has 1 atom stereocenters. The Balaban J connectivity index is 1.94. The van der Waals surface area contributed by atoms with Gasteiger partial charge in [-0.2, -0.15) is 0 Å². The summed E-state index contributed by atoms with van der Waals surface area (Å²) in [5.74, 6) is -0.937. The molecule has 1 amide bonds. The summed E-state index contributed by atoms with van der Waals surface area (Å²) >= 11 is 0. The van der Waals surface area contributed by atoms with Crippen LogP contribution in [0, 0.1) is 5.82 Å². The lowest BCUT2D eigenvalue weighted by Gasteiger charge is -2.13. The van der Waals surface area contributed by atoms with E-state index in [0.717, 1.165) is 12.8 Å². The molecule has 23 heavy (non-hydrogen) atoms. The van der Waals surface area contributed by atoms with Gasteiger partial charge in [0.05, 0.1) is 11.6 Å². The Morgan fingerprint density at radius 2 is 2.30 bits per heavy atom. The predicted molar refractivity (Wildman–Crippen MR) is 85.1 cm³/mol. The topological polar surface area (TPSA) is 60.3 Å². The van der Waals surface area contributed by atoms with E-state index in [4.69, 9.17) is 4.74 Å². The summed E-state index contributed by atoms with van der Waals surface area (Å²) in [6, 6.07) is 4.05. The number of carbonyl (C=O) groups is 1. The zero-order valence-electron chi connectivity index (χ0n) is 13.0. The third kappa shape index (κ3) is 3.12. The van der Waals surface area contributed by atoms with Crippen LogP contribution >= 0.6 is 0 Å². The first-order chi connectivity index (χ1) is 11.1. The molecule has 0 spiro atoms. The minimum absolute atomic E-state index is 0.00486. The van der Waals surface area contributed by atoms with Gasteiger partial charge in [-0.25, -0.2) is 4.39 Å². The number of amides is 1. The molecule has 122 valence electrons. The summed E-state index contributed by atoms with van der Waals surface area (Å²) in [6.07, 6.45) is 3.43. The molecule has 1 aliphatic rings. The van der Waals surface area contributed by atoms with Gasteiger partial charge in [0.15, 0.2) is 0 Å². The Morgan fingerprint density at radius 3 is 3.00 bits per heavy atom. The van der Waals surface area contributed by atoms with Crippen LogP contribution in [0.15, 0.2) is 29.2 Å². The lowest BCUT2D eigenvalue weighted by atomic mass is 10.1. The lowest BCUT2D eigenvalue weighted by molar-refractivity contribution is 0.0856. The van der Waals surface area contributed by atoms with Crippen molar-refractivity contribution in [2.45, 2.75) is 32.4 Å². The van der Waals surface area contributed by atoms with E-state index in [1.807, 2.05) is 6.92 Å². The highest BCUT2D eigenvalue weighted by atomic mass is 19.1. The Kier molecular flexibility index (Phi) is 4.43. The summed E-state index contributed by atoms with van der Waals surface area (Å²) in [4.78, 5) is 24.9. The molecule has 2 aromatic rings. The number of nitrogens with zero attached hydrogens (tertiary/aromatic N) is 1. The van der Waals surface area contributed by atoms with Crippen LogP contribution in [0.2, 0.25) is 0 Å². The molecule has 3 rings (SSSR count). The van der Waals surface area contributed by atoms with Crippen molar-refractivity contribution >= 4 is 16.8 Å². The zero-order chi connectivity index (χ0) is 16.4. The number of aryl methyl sites for hydroxylation is 1. The number of carbonyl (C=O) groups excluding carboxylic acids is 1. The second-order valence-electron chi connectivity index (χ2n) is 5.66. The van der Waals surface area contributed by atoms with E-state index in [0.29, 0.717) is 25.2 Å². The molecule has 1 aromatic carbocycles. The van der Waals surface area contributed by atoms with Crippen molar-refractivity contribution in [2.24, 2.45) is 0 Å². The largest absolute Gasteiger partial charge is 0.376 e. The average Bonchev–Trinajstić information content (AvgIpc) is 3.07. The summed E-state index contributed by atoms with van der Waals surface area (Å²) in [6.45, 7) is 3.57. The molecule has 6 heteroatoms. The fourth-order valence-corrected chi connectivity index (χ4v) is 2.90. The van der Waals surface area contributed by atoms with Crippen molar-refractivity contribution in [2.75, 3.05) is 13.2 Å². The Bertz CT molecular complexity index is 794. The maximum absolute atomic E-state index is 13.5. The van der Waals surface area contributed by atoms with Crippen molar-refractivity contribution < 1.29 is 13.9 Å². The summed E-state index contributed by atoms with van der Waals surface area (Å²) in [7, 11) is 0.